The van der Waals surface area contributed by atoms with Crippen LogP contribution < -0.4 is 10.6 Å². The van der Waals surface area contributed by atoms with Crippen LogP contribution in [0.2, 0.25) is 10.0 Å². The molecular formula is C38H52Cl2N2O6. The van der Waals surface area contributed by atoms with Gasteiger partial charge >= 0.3 is 11.9 Å². The van der Waals surface area contributed by atoms with Gasteiger partial charge in [-0.2, -0.15) is 0 Å². The van der Waals surface area contributed by atoms with Crippen molar-refractivity contribution < 1.29 is 28.5 Å². The molecule has 0 aliphatic heterocycles. The van der Waals surface area contributed by atoms with Crippen LogP contribution in [0.5, 0.6) is 0 Å². The van der Waals surface area contributed by atoms with Crippen LogP contribution in [0, 0.1) is 0 Å². The topological polar surface area (TPSA) is 95.1 Å². The van der Waals surface area contributed by atoms with E-state index >= 15 is 0 Å². The molecule has 10 heteroatoms. The predicted molar refractivity (Wildman–Crippen MR) is 190 cm³/mol. The van der Waals surface area contributed by atoms with Crippen LogP contribution in [0.1, 0.15) is 89.2 Å². The molecule has 4 rings (SSSR count). The quantitative estimate of drug-likeness (QED) is 0.0629. The molecule has 0 amide bonds. The maximum absolute atomic E-state index is 13.6. The molecule has 2 aromatic carbocycles. The Labute approximate surface area is 296 Å². The molecule has 0 heterocycles. The largest absolute Gasteiger partial charge is 0.440 e. The van der Waals surface area contributed by atoms with Crippen LogP contribution in [-0.4, -0.2) is 63.9 Å². The van der Waals surface area contributed by atoms with Crippen molar-refractivity contribution in [1.29, 1.82) is 0 Å². The molecule has 2 fully saturated rings. The Balaban J connectivity index is 1.58. The van der Waals surface area contributed by atoms with Crippen LogP contribution in [0.25, 0.3) is 0 Å². The molecule has 0 aromatic heterocycles. The Bertz CT molecular complexity index is 1260. The lowest BCUT2D eigenvalue weighted by Crippen LogP contribution is -2.65. The third-order valence-electron chi connectivity index (χ3n) is 10.5. The molecule has 2 aromatic rings. The second kappa shape index (κ2) is 17.5. The molecule has 2 unspecified atom stereocenters. The summed E-state index contributed by atoms with van der Waals surface area (Å²) >= 11 is 12.5. The van der Waals surface area contributed by atoms with Crippen LogP contribution in [0.15, 0.2) is 60.7 Å². The second-order valence-electron chi connectivity index (χ2n) is 12.8. The Morgan fingerprint density at radius 2 is 1.04 bits per heavy atom. The molecule has 264 valence electrons. The predicted octanol–water partition coefficient (Wildman–Crippen LogP) is 7.64. The summed E-state index contributed by atoms with van der Waals surface area (Å²) in [6.45, 7) is 6.22. The molecule has 48 heavy (non-hydrogen) atoms. The van der Waals surface area contributed by atoms with Crippen LogP contribution >= 0.6 is 23.2 Å². The zero-order valence-corrected chi connectivity index (χ0v) is 30.4. The fourth-order valence-electron chi connectivity index (χ4n) is 7.74. The van der Waals surface area contributed by atoms with E-state index in [1.54, 1.807) is 0 Å². The van der Waals surface area contributed by atoms with Crippen molar-refractivity contribution in [2.45, 2.75) is 100 Å². The average Bonchev–Trinajstić information content (AvgIpc) is 3.04. The van der Waals surface area contributed by atoms with Gasteiger partial charge in [-0.25, -0.2) is 9.59 Å². The number of benzene rings is 2. The summed E-state index contributed by atoms with van der Waals surface area (Å²) in [7, 11) is 3.64. The highest BCUT2D eigenvalue weighted by Crippen LogP contribution is 2.55. The fourth-order valence-corrected chi connectivity index (χ4v) is 7.99. The van der Waals surface area contributed by atoms with Crippen molar-refractivity contribution in [3.63, 3.8) is 0 Å². The van der Waals surface area contributed by atoms with Crippen LogP contribution in [0.4, 0.5) is 0 Å². The lowest BCUT2D eigenvalue weighted by molar-refractivity contribution is -0.182. The number of ether oxygens (including phenoxy) is 4. The highest BCUT2D eigenvalue weighted by atomic mass is 35.5. The van der Waals surface area contributed by atoms with Gasteiger partial charge in [-0.05, 0) is 102 Å². The second-order valence-corrected chi connectivity index (χ2v) is 13.7. The normalized spacial score (nSPS) is 19.0. The van der Waals surface area contributed by atoms with Crippen LogP contribution in [-0.2, 0) is 39.4 Å². The number of rotatable bonds is 20. The van der Waals surface area contributed by atoms with Crippen molar-refractivity contribution >= 4 is 35.1 Å². The van der Waals surface area contributed by atoms with Crippen molar-refractivity contribution in [3.05, 3.63) is 81.9 Å². The summed E-state index contributed by atoms with van der Waals surface area (Å²) < 4.78 is 24.0. The molecule has 0 spiro atoms. The molecule has 2 atom stereocenters. The highest BCUT2D eigenvalue weighted by molar-refractivity contribution is 6.30. The molecule has 2 aliphatic carbocycles. The molecule has 0 saturated heterocycles. The van der Waals surface area contributed by atoms with Crippen molar-refractivity contribution in [2.24, 2.45) is 0 Å². The first kappa shape index (κ1) is 38.3. The van der Waals surface area contributed by atoms with Crippen LogP contribution in [0.3, 0.4) is 0 Å². The molecule has 0 bridgehead atoms. The van der Waals surface area contributed by atoms with Crippen molar-refractivity contribution in [2.75, 3.05) is 40.5 Å². The van der Waals surface area contributed by atoms with Gasteiger partial charge in [0.05, 0.1) is 0 Å². The summed E-state index contributed by atoms with van der Waals surface area (Å²) in [6.07, 6.45) is 10.1. The minimum Gasteiger partial charge on any atom is -0.440 e. The summed E-state index contributed by atoms with van der Waals surface area (Å²) in [5.41, 5.74) is -0.864. The Hall–Kier alpha value is -2.46. The van der Waals surface area contributed by atoms with E-state index in [1.807, 2.05) is 76.5 Å². The Morgan fingerprint density at radius 3 is 1.31 bits per heavy atom. The summed E-state index contributed by atoms with van der Waals surface area (Å²) in [5.74, 6) is -1.25. The number of likely N-dealkylation sites (N-methyl/N-ethyl adjacent to an activating group) is 2. The number of nitrogens with one attached hydrogen (secondary N) is 2. The third-order valence-corrected chi connectivity index (χ3v) is 11.0. The number of hydrogen-bond acceptors (Lipinski definition) is 8. The van der Waals surface area contributed by atoms with Crippen molar-refractivity contribution in [1.82, 2.24) is 10.6 Å². The first-order valence-corrected chi connectivity index (χ1v) is 18.1. The monoisotopic (exact) mass is 702 g/mol. The molecule has 2 aliphatic rings. The number of halogens is 2. The lowest BCUT2D eigenvalue weighted by Gasteiger charge is -2.55. The Morgan fingerprint density at radius 1 is 0.688 bits per heavy atom. The molecule has 2 saturated carbocycles. The van der Waals surface area contributed by atoms with E-state index < -0.39 is 34.2 Å². The van der Waals surface area contributed by atoms with Gasteiger partial charge in [-0.15, -0.1) is 0 Å². The smallest absolute Gasteiger partial charge is 0.332 e. The number of esters is 2. The Kier molecular flexibility index (Phi) is 13.9. The van der Waals surface area contributed by atoms with Gasteiger partial charge in [0, 0.05) is 72.3 Å². The van der Waals surface area contributed by atoms with Gasteiger partial charge in [0.25, 0.3) is 0 Å². The van der Waals surface area contributed by atoms with E-state index in [9.17, 15) is 9.59 Å². The summed E-state index contributed by atoms with van der Waals surface area (Å²) in [6, 6.07) is 15.5. The minimum absolute atomic E-state index is 0.459. The summed E-state index contributed by atoms with van der Waals surface area (Å²) in [5, 5.41) is 8.08. The maximum atomic E-state index is 13.6. The van der Waals surface area contributed by atoms with Gasteiger partial charge in [0.15, 0.2) is 11.4 Å². The molecular weight excluding hydrogens is 651 g/mol. The molecule has 8 nitrogen and oxygen atoms in total. The number of carbonyl (C=O) groups is 2. The van der Waals surface area contributed by atoms with Gasteiger partial charge in [0.2, 0.25) is 0 Å². The molecule has 0 radical (unpaired) electrons. The standard InChI is InChI=1S/C38H52Cl2N2O6/c1-5-45-27-9-25-37(41-3,35(21-7-22-35)29-11-15-31(39)16-12-29)47-33(43)19-20-34(44)48-38(42-4,26-10-28-46-6-2)36(23-8-24-36)30-13-17-32(40)18-14-30/h11-20,41-42H,5-10,21-28H2,1-4H3/b20-19-. The SMILES string of the molecule is CCOCCCC(NC)(OC(=O)/C=C\C(=O)OC(CCCOCC)(NC)C1(c2ccc(Cl)cc2)CCC1)C1(c2ccc(Cl)cc2)CCC1. The van der Waals surface area contributed by atoms with Gasteiger partial charge in [-0.1, -0.05) is 60.3 Å². The summed E-state index contributed by atoms with van der Waals surface area (Å²) in [4.78, 5) is 27.3. The number of hydrogen-bond donors (Lipinski definition) is 2. The first-order chi connectivity index (χ1) is 23.1. The average molecular weight is 704 g/mol. The van der Waals surface area contributed by atoms with E-state index in [1.165, 1.54) is 12.2 Å². The van der Waals surface area contributed by atoms with Gasteiger partial charge in [-0.3, -0.25) is 10.6 Å². The van der Waals surface area contributed by atoms with Gasteiger partial charge < -0.3 is 18.9 Å². The van der Waals surface area contributed by atoms with E-state index in [-0.39, 0.29) is 0 Å². The highest BCUT2D eigenvalue weighted by Gasteiger charge is 2.59. The first-order valence-electron chi connectivity index (χ1n) is 17.3. The lowest BCUT2D eigenvalue weighted by atomic mass is 9.57. The zero-order chi connectivity index (χ0) is 34.7. The molecule has 2 N–H and O–H groups in total. The fraction of sp³-hybridized carbons (Fsp3) is 0.579. The van der Waals surface area contributed by atoms with E-state index in [4.69, 9.17) is 42.1 Å². The van der Waals surface area contributed by atoms with E-state index in [0.29, 0.717) is 62.2 Å². The zero-order valence-electron chi connectivity index (χ0n) is 28.9. The van der Waals surface area contributed by atoms with Crippen molar-refractivity contribution in [3.8, 4) is 0 Å². The van der Waals surface area contributed by atoms with Gasteiger partial charge in [0.1, 0.15) is 0 Å². The number of carbonyl (C=O) groups excluding carboxylic acids is 2. The third kappa shape index (κ3) is 8.11. The van der Waals surface area contributed by atoms with E-state index in [0.717, 1.165) is 49.7 Å². The maximum Gasteiger partial charge on any atom is 0.332 e. The van der Waals surface area contributed by atoms with E-state index in [2.05, 4.69) is 10.6 Å². The minimum atomic E-state index is -1.03.